The van der Waals surface area contributed by atoms with E-state index in [0.717, 1.165) is 16.3 Å². The summed E-state index contributed by atoms with van der Waals surface area (Å²) < 4.78 is 41.9. The van der Waals surface area contributed by atoms with Crippen molar-refractivity contribution in [1.82, 2.24) is 0 Å². The van der Waals surface area contributed by atoms with Crippen LogP contribution in [0.4, 0.5) is 13.2 Å². The predicted molar refractivity (Wildman–Crippen MR) is 69.5 cm³/mol. The zero-order chi connectivity index (χ0) is 13.9. The molecule has 0 bridgehead atoms. The zero-order valence-electron chi connectivity index (χ0n) is 10.6. The van der Waals surface area contributed by atoms with E-state index in [1.165, 1.54) is 0 Å². The van der Waals surface area contributed by atoms with Crippen molar-refractivity contribution >= 4 is 10.8 Å². The second kappa shape index (κ2) is 5.51. The third-order valence-electron chi connectivity index (χ3n) is 3.08. The minimum absolute atomic E-state index is 0.0979. The fraction of sp³-hybridized carbons (Fsp3) is 0.333. The van der Waals surface area contributed by atoms with Gasteiger partial charge in [0, 0.05) is 11.8 Å². The average molecular weight is 268 g/mol. The van der Waals surface area contributed by atoms with E-state index in [2.05, 4.69) is 0 Å². The second-order valence-electron chi connectivity index (χ2n) is 4.44. The molecule has 0 amide bonds. The SMILES string of the molecule is COc1cccc2cccc(CCCC(F)(F)F)c12. The minimum atomic E-state index is -4.09. The van der Waals surface area contributed by atoms with Crippen LogP contribution in [0.2, 0.25) is 0 Å². The highest BCUT2D eigenvalue weighted by molar-refractivity contribution is 5.91. The Balaban J connectivity index is 2.27. The lowest BCUT2D eigenvalue weighted by Crippen LogP contribution is -2.07. The summed E-state index contributed by atoms with van der Waals surface area (Å²) >= 11 is 0. The average Bonchev–Trinajstić information content (AvgIpc) is 2.36. The van der Waals surface area contributed by atoms with Crippen LogP contribution >= 0.6 is 0 Å². The lowest BCUT2D eigenvalue weighted by atomic mass is 9.99. The van der Waals surface area contributed by atoms with E-state index in [1.807, 2.05) is 36.4 Å². The van der Waals surface area contributed by atoms with Gasteiger partial charge in [-0.2, -0.15) is 13.2 Å². The third-order valence-corrected chi connectivity index (χ3v) is 3.08. The Morgan fingerprint density at radius 3 is 2.37 bits per heavy atom. The number of hydrogen-bond acceptors (Lipinski definition) is 1. The van der Waals surface area contributed by atoms with Crippen molar-refractivity contribution < 1.29 is 17.9 Å². The van der Waals surface area contributed by atoms with Gasteiger partial charge in [-0.1, -0.05) is 30.3 Å². The fourth-order valence-electron chi connectivity index (χ4n) is 2.24. The number of methoxy groups -OCH3 is 1. The monoisotopic (exact) mass is 268 g/mol. The van der Waals surface area contributed by atoms with E-state index >= 15 is 0 Å². The van der Waals surface area contributed by atoms with Crippen molar-refractivity contribution in [3.05, 3.63) is 42.0 Å². The Labute approximate surface area is 110 Å². The first-order chi connectivity index (χ1) is 9.01. The van der Waals surface area contributed by atoms with Crippen molar-refractivity contribution in [2.24, 2.45) is 0 Å². The third kappa shape index (κ3) is 3.40. The topological polar surface area (TPSA) is 9.23 Å². The first-order valence-corrected chi connectivity index (χ1v) is 6.12. The molecule has 0 fully saturated rings. The highest BCUT2D eigenvalue weighted by atomic mass is 19.4. The number of halogens is 3. The van der Waals surface area contributed by atoms with Crippen LogP contribution in [0.15, 0.2) is 36.4 Å². The number of ether oxygens (including phenoxy) is 1. The molecule has 0 aliphatic rings. The molecule has 0 aromatic heterocycles. The van der Waals surface area contributed by atoms with Crippen LogP contribution in [0.5, 0.6) is 5.75 Å². The van der Waals surface area contributed by atoms with E-state index in [1.54, 1.807) is 7.11 Å². The lowest BCUT2D eigenvalue weighted by Gasteiger charge is -2.11. The molecule has 2 aromatic rings. The van der Waals surface area contributed by atoms with E-state index in [4.69, 9.17) is 4.74 Å². The largest absolute Gasteiger partial charge is 0.496 e. The van der Waals surface area contributed by atoms with E-state index < -0.39 is 12.6 Å². The van der Waals surface area contributed by atoms with Crippen molar-refractivity contribution in [3.8, 4) is 5.75 Å². The minimum Gasteiger partial charge on any atom is -0.496 e. The van der Waals surface area contributed by atoms with E-state index in [-0.39, 0.29) is 6.42 Å². The lowest BCUT2D eigenvalue weighted by molar-refractivity contribution is -0.135. The van der Waals surface area contributed by atoms with Gasteiger partial charge in [0.1, 0.15) is 5.75 Å². The number of hydrogen-bond donors (Lipinski definition) is 0. The Kier molecular flexibility index (Phi) is 3.98. The Morgan fingerprint density at radius 2 is 1.74 bits per heavy atom. The molecule has 0 unspecified atom stereocenters. The quantitative estimate of drug-likeness (QED) is 0.778. The zero-order valence-corrected chi connectivity index (χ0v) is 10.6. The van der Waals surface area contributed by atoms with Gasteiger partial charge >= 0.3 is 6.18 Å². The van der Waals surface area contributed by atoms with Crippen LogP contribution in [0, 0.1) is 0 Å². The molecular formula is C15H15F3O. The Bertz CT molecular complexity index is 556. The molecule has 0 atom stereocenters. The molecule has 4 heteroatoms. The number of alkyl halides is 3. The summed E-state index contributed by atoms with van der Waals surface area (Å²) in [7, 11) is 1.57. The molecule has 1 nitrogen and oxygen atoms in total. The molecular weight excluding hydrogens is 253 g/mol. The predicted octanol–water partition coefficient (Wildman–Crippen LogP) is 4.73. The van der Waals surface area contributed by atoms with E-state index in [9.17, 15) is 13.2 Å². The molecule has 102 valence electrons. The molecule has 0 aliphatic carbocycles. The van der Waals surface area contributed by atoms with E-state index in [0.29, 0.717) is 12.2 Å². The van der Waals surface area contributed by atoms with Crippen LogP contribution in [-0.2, 0) is 6.42 Å². The van der Waals surface area contributed by atoms with Crippen molar-refractivity contribution in [3.63, 3.8) is 0 Å². The number of rotatable bonds is 4. The van der Waals surface area contributed by atoms with Gasteiger partial charge < -0.3 is 4.74 Å². The second-order valence-corrected chi connectivity index (χ2v) is 4.44. The molecule has 0 heterocycles. The summed E-state index contributed by atoms with van der Waals surface area (Å²) in [6.45, 7) is 0. The summed E-state index contributed by atoms with van der Waals surface area (Å²) in [6, 6.07) is 11.3. The first kappa shape index (κ1) is 13.7. The van der Waals surface area contributed by atoms with Crippen LogP contribution < -0.4 is 4.74 Å². The normalized spacial score (nSPS) is 11.8. The van der Waals surface area contributed by atoms with Gasteiger partial charge in [0.25, 0.3) is 0 Å². The highest BCUT2D eigenvalue weighted by Gasteiger charge is 2.26. The summed E-state index contributed by atoms with van der Waals surface area (Å²) in [5, 5.41) is 1.90. The van der Waals surface area contributed by atoms with Crippen molar-refractivity contribution in [2.75, 3.05) is 7.11 Å². The fourth-order valence-corrected chi connectivity index (χ4v) is 2.24. The molecule has 19 heavy (non-hydrogen) atoms. The number of fused-ring (bicyclic) bond motifs is 1. The van der Waals surface area contributed by atoms with Crippen LogP contribution in [-0.4, -0.2) is 13.3 Å². The van der Waals surface area contributed by atoms with Gasteiger partial charge in [0.05, 0.1) is 7.11 Å². The molecule has 2 aromatic carbocycles. The maximum absolute atomic E-state index is 12.2. The molecule has 0 saturated carbocycles. The first-order valence-electron chi connectivity index (χ1n) is 6.12. The Morgan fingerprint density at radius 1 is 1.05 bits per heavy atom. The standard InChI is InChI=1S/C15H15F3O/c1-19-13-9-3-7-11-5-2-6-12(14(11)13)8-4-10-15(16,17)18/h2-3,5-7,9H,4,8,10H2,1H3. The molecule has 0 saturated heterocycles. The number of benzene rings is 2. The van der Waals surface area contributed by atoms with Gasteiger partial charge in [0.15, 0.2) is 0 Å². The van der Waals surface area contributed by atoms with Gasteiger partial charge in [-0.25, -0.2) is 0 Å². The molecule has 0 N–H and O–H groups in total. The van der Waals surface area contributed by atoms with Crippen molar-refractivity contribution in [2.45, 2.75) is 25.4 Å². The van der Waals surface area contributed by atoms with Gasteiger partial charge in [-0.15, -0.1) is 0 Å². The van der Waals surface area contributed by atoms with Crippen molar-refractivity contribution in [1.29, 1.82) is 0 Å². The maximum Gasteiger partial charge on any atom is 0.389 e. The summed E-state index contributed by atoms with van der Waals surface area (Å²) in [5.41, 5.74) is 0.902. The van der Waals surface area contributed by atoms with Crippen LogP contribution in [0.25, 0.3) is 10.8 Å². The molecule has 2 rings (SSSR count). The smallest absolute Gasteiger partial charge is 0.389 e. The van der Waals surface area contributed by atoms with Gasteiger partial charge in [-0.3, -0.25) is 0 Å². The molecule has 0 aliphatic heterocycles. The van der Waals surface area contributed by atoms with Gasteiger partial charge in [0.2, 0.25) is 0 Å². The number of aryl methyl sites for hydroxylation is 1. The highest BCUT2D eigenvalue weighted by Crippen LogP contribution is 2.30. The summed E-state index contributed by atoms with van der Waals surface area (Å²) in [4.78, 5) is 0. The van der Waals surface area contributed by atoms with Gasteiger partial charge in [-0.05, 0) is 29.9 Å². The molecule has 0 spiro atoms. The molecule has 0 radical (unpaired) electrons. The Hall–Kier alpha value is -1.71. The van der Waals surface area contributed by atoms with Crippen LogP contribution in [0.3, 0.4) is 0 Å². The van der Waals surface area contributed by atoms with Crippen LogP contribution in [0.1, 0.15) is 18.4 Å². The summed E-state index contributed by atoms with van der Waals surface area (Å²) in [5.74, 6) is 0.708. The summed E-state index contributed by atoms with van der Waals surface area (Å²) in [6.07, 6.45) is -4.34. The maximum atomic E-state index is 12.2.